The minimum absolute atomic E-state index is 0. The molecule has 1 atom stereocenters. The van der Waals surface area contributed by atoms with Gasteiger partial charge in [-0.1, -0.05) is 0 Å². The predicted octanol–water partition coefficient (Wildman–Crippen LogP) is 1.55. The summed E-state index contributed by atoms with van der Waals surface area (Å²) in [7, 11) is 0. The number of hydrogen-bond acceptors (Lipinski definition) is 4. The molecule has 3 rings (SSSR count). The number of anilines is 1. The van der Waals surface area contributed by atoms with E-state index in [0.717, 1.165) is 31.1 Å². The Morgan fingerprint density at radius 1 is 1.50 bits per heavy atom. The molecule has 0 aliphatic carbocycles. The van der Waals surface area contributed by atoms with Crippen molar-refractivity contribution in [1.29, 1.82) is 0 Å². The topological polar surface area (TPSA) is 69.7 Å². The molecular formula is C11H12N3O3Rf-. The monoisotopic (exact) mass is 501 g/mol. The summed E-state index contributed by atoms with van der Waals surface area (Å²) in [6.07, 6.45) is 0. The molecule has 0 radical (unpaired) electrons. The summed E-state index contributed by atoms with van der Waals surface area (Å²) in [5.41, 5.74) is 0.931. The quantitative estimate of drug-likeness (QED) is 0.433. The Morgan fingerprint density at radius 2 is 2.33 bits per heavy atom. The van der Waals surface area contributed by atoms with Crippen LogP contribution >= 0.6 is 0 Å². The van der Waals surface area contributed by atoms with Gasteiger partial charge in [0.25, 0.3) is 5.69 Å². The van der Waals surface area contributed by atoms with Crippen LogP contribution in [0.2, 0.25) is 0 Å². The van der Waals surface area contributed by atoms with Gasteiger partial charge < -0.3 is 15.0 Å². The Balaban J connectivity index is 0.00000120. The van der Waals surface area contributed by atoms with Crippen LogP contribution in [0.3, 0.4) is 0 Å². The molecule has 6 nitrogen and oxygen atoms in total. The first-order chi connectivity index (χ1) is 8.25. The van der Waals surface area contributed by atoms with E-state index in [9.17, 15) is 10.1 Å². The van der Waals surface area contributed by atoms with E-state index in [-0.39, 0.29) is 16.7 Å². The van der Waals surface area contributed by atoms with Crippen molar-refractivity contribution in [2.45, 2.75) is 6.04 Å². The molecule has 2 aliphatic rings. The standard InChI is InChI=1S/C11H12N3O3.Rf/c15-14(16)8-1-2-11-10(5-8)13-4-3-12-6-9(13)7-17-11;/h1-2,5,9H,3-4,6-7H2;/q-1;. The fourth-order valence-electron chi connectivity index (χ4n) is 2.31. The van der Waals surface area contributed by atoms with Crippen LogP contribution in [-0.2, 0) is 0 Å². The summed E-state index contributed by atoms with van der Waals surface area (Å²) >= 11 is 0. The van der Waals surface area contributed by atoms with Gasteiger partial charge in [-0.25, -0.2) is 0 Å². The number of piperazine rings is 1. The van der Waals surface area contributed by atoms with Crippen LogP contribution in [0.4, 0.5) is 11.4 Å². The number of ether oxygens (including phenoxy) is 1. The molecule has 0 N–H and O–H groups in total. The van der Waals surface area contributed by atoms with E-state index in [2.05, 4.69) is 10.2 Å². The number of benzene rings is 1. The second kappa shape index (κ2) is 4.21. The maximum atomic E-state index is 10.8. The average Bonchev–Trinajstić information content (AvgIpc) is 2.38. The summed E-state index contributed by atoms with van der Waals surface area (Å²) in [6.45, 7) is 2.93. The molecule has 92 valence electrons. The molecule has 1 fully saturated rings. The fourth-order valence-corrected chi connectivity index (χ4v) is 2.31. The average molecular weight is 501 g/mol. The van der Waals surface area contributed by atoms with Crippen LogP contribution in [0, 0.1) is 10.1 Å². The van der Waals surface area contributed by atoms with Crippen LogP contribution in [0.25, 0.3) is 5.32 Å². The molecule has 0 aromatic heterocycles. The summed E-state index contributed by atoms with van der Waals surface area (Å²) in [5.74, 6) is 0.730. The number of nitro benzene ring substituents is 1. The second-order valence-electron chi connectivity index (χ2n) is 4.20. The summed E-state index contributed by atoms with van der Waals surface area (Å²) in [4.78, 5) is 12.6. The molecule has 0 bridgehead atoms. The van der Waals surface area contributed by atoms with E-state index in [4.69, 9.17) is 4.74 Å². The van der Waals surface area contributed by atoms with Gasteiger partial charge in [-0.3, -0.25) is 10.1 Å². The Hall–Kier alpha value is -2.82. The first-order valence-corrected chi connectivity index (χ1v) is 5.57. The number of nitrogens with zero attached hydrogens (tertiary/aromatic N) is 3. The molecule has 1 aromatic carbocycles. The van der Waals surface area contributed by atoms with Crippen molar-refractivity contribution in [1.82, 2.24) is 0 Å². The molecule has 7 heteroatoms. The van der Waals surface area contributed by atoms with Crippen LogP contribution in [0.1, 0.15) is 0 Å². The molecule has 18 heavy (non-hydrogen) atoms. The first kappa shape index (κ1) is 11.7. The third-order valence-electron chi connectivity index (χ3n) is 3.17. The zero-order valence-corrected chi connectivity index (χ0v) is 16.3. The molecule has 0 spiro atoms. The van der Waals surface area contributed by atoms with Crippen LogP contribution in [0.5, 0.6) is 5.75 Å². The Kier molecular flexibility index (Phi) is 2.73. The Labute approximate surface area is 98.3 Å². The molecule has 1 aromatic rings. The van der Waals surface area contributed by atoms with Crippen molar-refractivity contribution in [2.75, 3.05) is 31.1 Å². The van der Waals surface area contributed by atoms with E-state index >= 15 is 0 Å². The molecule has 2 aliphatic heterocycles. The number of non-ortho nitro benzene ring substituents is 1. The van der Waals surface area contributed by atoms with E-state index in [1.807, 2.05) is 0 Å². The van der Waals surface area contributed by atoms with Crippen LogP contribution in [0.15, 0.2) is 18.2 Å². The van der Waals surface area contributed by atoms with Crippen molar-refractivity contribution >= 4 is 11.4 Å². The van der Waals surface area contributed by atoms with Gasteiger partial charge >= 0.3 is 0 Å². The SMILES string of the molecule is O=[N+]([O-])c1ccc2c(c1)N1CC[N-]CC1CO2.[Rf]. The van der Waals surface area contributed by atoms with Crippen molar-refractivity contribution < 1.29 is 9.66 Å². The fraction of sp³-hybridized carbons (Fsp3) is 0.455. The summed E-state index contributed by atoms with van der Waals surface area (Å²) in [6, 6.07) is 4.97. The number of hydrogen-bond donors (Lipinski definition) is 0. The molecule has 1 saturated heterocycles. The number of nitro groups is 1. The van der Waals surface area contributed by atoms with Gasteiger partial charge in [0.1, 0.15) is 12.4 Å². The smallest absolute Gasteiger partial charge is 0.271 e. The molecule has 2 heterocycles. The largest absolute Gasteiger partial charge is 0.659 e. The Bertz CT molecular complexity index is 469. The van der Waals surface area contributed by atoms with Crippen LogP contribution in [-0.4, -0.2) is 37.2 Å². The molecule has 1 unspecified atom stereocenters. The van der Waals surface area contributed by atoms with Crippen molar-refractivity contribution in [3.8, 4) is 5.75 Å². The second-order valence-corrected chi connectivity index (χ2v) is 4.20. The van der Waals surface area contributed by atoms with E-state index in [1.165, 1.54) is 6.07 Å². The third-order valence-corrected chi connectivity index (χ3v) is 3.17. The van der Waals surface area contributed by atoms with E-state index in [0.29, 0.717) is 6.61 Å². The van der Waals surface area contributed by atoms with Gasteiger partial charge in [-0.05, 0) is 12.6 Å². The van der Waals surface area contributed by atoms with Gasteiger partial charge in [0, 0.05) is 18.2 Å². The zero-order valence-electron chi connectivity index (χ0n) is 9.91. The summed E-state index contributed by atoms with van der Waals surface area (Å²) in [5, 5.41) is 15.1. The zero-order chi connectivity index (χ0) is 11.8. The minimum atomic E-state index is -0.377. The van der Waals surface area contributed by atoms with Gasteiger partial charge in [0.15, 0.2) is 0 Å². The minimum Gasteiger partial charge on any atom is -0.659 e. The van der Waals surface area contributed by atoms with Gasteiger partial charge in [-0.15, -0.1) is 13.1 Å². The van der Waals surface area contributed by atoms with Crippen LogP contribution < -0.4 is 9.64 Å². The van der Waals surface area contributed by atoms with Gasteiger partial charge in [0.05, 0.1) is 10.6 Å². The number of fused-ring (bicyclic) bond motifs is 3. The van der Waals surface area contributed by atoms with Crippen molar-refractivity contribution in [2.24, 2.45) is 0 Å². The molecular weight excluding hydrogens is 489 g/mol. The van der Waals surface area contributed by atoms with Crippen molar-refractivity contribution in [3.63, 3.8) is 0 Å². The Morgan fingerprint density at radius 3 is 3.11 bits per heavy atom. The maximum Gasteiger partial charge on any atom is 0.271 e. The molecule has 0 amide bonds. The van der Waals surface area contributed by atoms with Gasteiger partial charge in [0.2, 0.25) is 0 Å². The molecule has 0 saturated carbocycles. The maximum absolute atomic E-state index is 10.8. The predicted molar refractivity (Wildman–Crippen MR) is 62.8 cm³/mol. The van der Waals surface area contributed by atoms with Crippen molar-refractivity contribution in [3.05, 3.63) is 33.6 Å². The van der Waals surface area contributed by atoms with E-state index in [1.54, 1.807) is 12.1 Å². The first-order valence-electron chi connectivity index (χ1n) is 5.57. The van der Waals surface area contributed by atoms with E-state index < -0.39 is 0 Å². The van der Waals surface area contributed by atoms with Gasteiger partial charge in [-0.2, -0.15) is 0 Å². The third kappa shape index (κ3) is 1.67. The number of rotatable bonds is 1. The summed E-state index contributed by atoms with van der Waals surface area (Å²) < 4.78 is 5.60. The normalized spacial score (nSPS) is 21.1.